The van der Waals surface area contributed by atoms with E-state index in [2.05, 4.69) is 42.4 Å². The highest BCUT2D eigenvalue weighted by atomic mass is 15.5. The molecule has 3 aromatic rings. The van der Waals surface area contributed by atoms with Crippen LogP contribution in [0.2, 0.25) is 0 Å². The lowest BCUT2D eigenvalue weighted by molar-refractivity contribution is 0.310. The van der Waals surface area contributed by atoms with Crippen molar-refractivity contribution in [2.75, 3.05) is 12.5 Å². The van der Waals surface area contributed by atoms with Gasteiger partial charge in [0.1, 0.15) is 5.52 Å². The molecule has 0 unspecified atom stereocenters. The molecule has 0 amide bonds. The minimum Gasteiger partial charge on any atom is -0.317 e. The summed E-state index contributed by atoms with van der Waals surface area (Å²) in [6.07, 6.45) is 9.13. The van der Waals surface area contributed by atoms with Crippen LogP contribution in [0.3, 0.4) is 0 Å². The number of rotatable bonds is 4. The molecular formula is C19H22N8. The van der Waals surface area contributed by atoms with Crippen LogP contribution in [0.5, 0.6) is 0 Å². The minimum absolute atomic E-state index is 0.286. The predicted octanol–water partition coefficient (Wildman–Crippen LogP) is 2.15. The zero-order chi connectivity index (χ0) is 18.8. The minimum atomic E-state index is 0.286. The molecule has 2 N–H and O–H groups in total. The van der Waals surface area contributed by atoms with Crippen LogP contribution in [-0.4, -0.2) is 51.4 Å². The van der Waals surface area contributed by atoms with Gasteiger partial charge in [-0.05, 0) is 45.7 Å². The number of aliphatic imine (C=N–C) groups is 2. The van der Waals surface area contributed by atoms with Gasteiger partial charge in [0, 0.05) is 47.7 Å². The number of pyridine rings is 1. The van der Waals surface area contributed by atoms with Gasteiger partial charge in [-0.2, -0.15) is 0 Å². The second kappa shape index (κ2) is 7.24. The van der Waals surface area contributed by atoms with E-state index in [1.54, 1.807) is 12.4 Å². The van der Waals surface area contributed by atoms with E-state index < -0.39 is 0 Å². The number of hydrogen-bond acceptors (Lipinski definition) is 5. The summed E-state index contributed by atoms with van der Waals surface area (Å²) in [6.45, 7) is 5.67. The third-order valence-corrected chi connectivity index (χ3v) is 4.97. The topological polar surface area (TPSA) is 92.4 Å². The molecule has 4 rings (SSSR count). The predicted molar refractivity (Wildman–Crippen MR) is 108 cm³/mol. The molecule has 3 aromatic heterocycles. The van der Waals surface area contributed by atoms with Crippen molar-refractivity contribution in [2.45, 2.75) is 31.8 Å². The Balaban J connectivity index is 1.56. The van der Waals surface area contributed by atoms with Gasteiger partial charge in [-0.25, -0.2) is 20.0 Å². The molecule has 0 radical (unpaired) electrons. The molecule has 0 bridgehead atoms. The van der Waals surface area contributed by atoms with Gasteiger partial charge in [-0.3, -0.25) is 15.1 Å². The molecule has 1 aliphatic carbocycles. The largest absolute Gasteiger partial charge is 0.317 e. The first kappa shape index (κ1) is 17.3. The van der Waals surface area contributed by atoms with Crippen molar-refractivity contribution < 1.29 is 0 Å². The van der Waals surface area contributed by atoms with Crippen LogP contribution < -0.4 is 10.7 Å². The molecule has 0 aliphatic heterocycles. The first-order valence-electron chi connectivity index (χ1n) is 8.92. The van der Waals surface area contributed by atoms with Crippen molar-refractivity contribution in [1.29, 1.82) is 0 Å². The van der Waals surface area contributed by atoms with Crippen molar-refractivity contribution in [3.63, 3.8) is 0 Å². The number of guanidine groups is 1. The standard InChI is InChI=1S/C19H22N8/c1-12-16(13-8-17-18(24-11-13)23-6-5-22-17)4-7-27(12)26-19(21-3)25-15-9-14(10-15)20-2/h4-8,11,14-15,20H,3,9-10H2,1-2H3,(H,25,26). The lowest BCUT2D eigenvalue weighted by Crippen LogP contribution is -2.42. The van der Waals surface area contributed by atoms with Crippen molar-refractivity contribution in [1.82, 2.24) is 24.9 Å². The fraction of sp³-hybridized carbons (Fsp3) is 0.316. The first-order valence-corrected chi connectivity index (χ1v) is 8.92. The van der Waals surface area contributed by atoms with Crippen LogP contribution in [-0.2, 0) is 0 Å². The van der Waals surface area contributed by atoms with Crippen LogP contribution in [0.15, 0.2) is 46.9 Å². The first-order chi connectivity index (χ1) is 13.2. The Bertz CT molecular complexity index is 1000. The smallest absolute Gasteiger partial charge is 0.237 e. The fourth-order valence-corrected chi connectivity index (χ4v) is 3.26. The summed E-state index contributed by atoms with van der Waals surface area (Å²) >= 11 is 0. The molecule has 1 fully saturated rings. The van der Waals surface area contributed by atoms with Crippen LogP contribution in [0.1, 0.15) is 18.5 Å². The van der Waals surface area contributed by atoms with E-state index in [1.165, 1.54) is 0 Å². The average Bonchev–Trinajstić information content (AvgIpc) is 3.03. The molecule has 0 saturated heterocycles. The molecule has 27 heavy (non-hydrogen) atoms. The van der Waals surface area contributed by atoms with E-state index in [0.717, 1.165) is 35.2 Å². The number of nitrogens with zero attached hydrogens (tertiary/aromatic N) is 6. The van der Waals surface area contributed by atoms with Gasteiger partial charge in [0.05, 0.1) is 6.04 Å². The lowest BCUT2D eigenvalue weighted by atomic mass is 9.87. The van der Waals surface area contributed by atoms with E-state index in [9.17, 15) is 0 Å². The average molecular weight is 362 g/mol. The molecule has 3 heterocycles. The van der Waals surface area contributed by atoms with Crippen LogP contribution in [0.25, 0.3) is 22.3 Å². The van der Waals surface area contributed by atoms with E-state index in [0.29, 0.717) is 17.6 Å². The Kier molecular flexibility index (Phi) is 4.64. The van der Waals surface area contributed by atoms with Gasteiger partial charge in [-0.1, -0.05) is 0 Å². The molecule has 138 valence electrons. The summed E-state index contributed by atoms with van der Waals surface area (Å²) in [7, 11) is 1.98. The van der Waals surface area contributed by atoms with E-state index in [-0.39, 0.29) is 6.04 Å². The molecule has 0 atom stereocenters. The maximum absolute atomic E-state index is 4.64. The van der Waals surface area contributed by atoms with E-state index in [4.69, 9.17) is 0 Å². The van der Waals surface area contributed by atoms with Crippen molar-refractivity contribution in [2.24, 2.45) is 9.98 Å². The molecule has 0 aromatic carbocycles. The SMILES string of the molecule is C=NC(=NC1CC(NC)C1)Nn1ccc(-c2cnc3nccnc3c2)c1C. The monoisotopic (exact) mass is 362 g/mol. The van der Waals surface area contributed by atoms with E-state index in [1.807, 2.05) is 43.2 Å². The molecule has 8 nitrogen and oxygen atoms in total. The third-order valence-electron chi connectivity index (χ3n) is 4.97. The van der Waals surface area contributed by atoms with Crippen LogP contribution >= 0.6 is 0 Å². The number of aromatic nitrogens is 4. The summed E-state index contributed by atoms with van der Waals surface area (Å²) in [5.74, 6) is 0.530. The summed E-state index contributed by atoms with van der Waals surface area (Å²) < 4.78 is 1.90. The zero-order valence-corrected chi connectivity index (χ0v) is 15.4. The van der Waals surface area contributed by atoms with Gasteiger partial charge in [0.25, 0.3) is 0 Å². The van der Waals surface area contributed by atoms with Gasteiger partial charge >= 0.3 is 0 Å². The zero-order valence-electron chi connectivity index (χ0n) is 15.4. The highest BCUT2D eigenvalue weighted by Gasteiger charge is 2.27. The molecule has 1 aliphatic rings. The van der Waals surface area contributed by atoms with Gasteiger partial charge in [0.15, 0.2) is 5.65 Å². The van der Waals surface area contributed by atoms with Crippen molar-refractivity contribution >= 4 is 23.8 Å². The van der Waals surface area contributed by atoms with Gasteiger partial charge < -0.3 is 5.32 Å². The lowest BCUT2D eigenvalue weighted by Gasteiger charge is -2.32. The Morgan fingerprint density at radius 2 is 2.07 bits per heavy atom. The van der Waals surface area contributed by atoms with Crippen molar-refractivity contribution in [3.8, 4) is 11.1 Å². The number of hydrogen-bond donors (Lipinski definition) is 2. The Labute approximate surface area is 157 Å². The Morgan fingerprint density at radius 3 is 2.85 bits per heavy atom. The van der Waals surface area contributed by atoms with Crippen LogP contribution in [0, 0.1) is 6.92 Å². The second-order valence-electron chi connectivity index (χ2n) is 6.64. The quantitative estimate of drug-likeness (QED) is 0.548. The summed E-state index contributed by atoms with van der Waals surface area (Å²) in [5, 5.41) is 3.26. The molecular weight excluding hydrogens is 340 g/mol. The van der Waals surface area contributed by atoms with Crippen LogP contribution in [0.4, 0.5) is 0 Å². The highest BCUT2D eigenvalue weighted by Crippen LogP contribution is 2.26. The van der Waals surface area contributed by atoms with E-state index >= 15 is 0 Å². The van der Waals surface area contributed by atoms with Gasteiger partial charge in [0.2, 0.25) is 5.96 Å². The molecule has 8 heteroatoms. The maximum Gasteiger partial charge on any atom is 0.237 e. The normalized spacial score (nSPS) is 19.7. The summed E-state index contributed by atoms with van der Waals surface area (Å²) in [5.41, 5.74) is 7.71. The number of nitrogens with one attached hydrogen (secondary N) is 2. The highest BCUT2D eigenvalue weighted by molar-refractivity contribution is 5.91. The third kappa shape index (κ3) is 3.43. The maximum atomic E-state index is 4.64. The summed E-state index contributed by atoms with van der Waals surface area (Å²) in [4.78, 5) is 21.6. The summed E-state index contributed by atoms with van der Waals surface area (Å²) in [6, 6.07) is 4.86. The Morgan fingerprint density at radius 1 is 1.26 bits per heavy atom. The van der Waals surface area contributed by atoms with Gasteiger partial charge in [-0.15, -0.1) is 0 Å². The molecule has 0 spiro atoms. The Hall–Kier alpha value is -3.13. The number of fused-ring (bicyclic) bond motifs is 1. The molecule has 1 saturated carbocycles. The second-order valence-corrected chi connectivity index (χ2v) is 6.64. The fourth-order valence-electron chi connectivity index (χ4n) is 3.26. The van der Waals surface area contributed by atoms with Crippen molar-refractivity contribution in [3.05, 3.63) is 42.6 Å².